The van der Waals surface area contributed by atoms with Gasteiger partial charge in [0, 0.05) is 18.0 Å². The van der Waals surface area contributed by atoms with E-state index in [9.17, 15) is 0 Å². The van der Waals surface area contributed by atoms with Crippen LogP contribution in [0, 0.1) is 11.3 Å². The summed E-state index contributed by atoms with van der Waals surface area (Å²) in [5.41, 5.74) is 1.85. The summed E-state index contributed by atoms with van der Waals surface area (Å²) in [6, 6.07) is 8.55. The van der Waals surface area contributed by atoms with Crippen LogP contribution >= 0.6 is 11.9 Å². The van der Waals surface area contributed by atoms with Crippen LogP contribution in [0.1, 0.15) is 18.4 Å². The molecule has 1 saturated carbocycles. The number of rotatable bonds is 1. The number of benzene rings is 1. The molecule has 0 amide bonds. The fraction of sp³-hybridized carbons (Fsp3) is 0.273. The van der Waals surface area contributed by atoms with Crippen molar-refractivity contribution in [1.82, 2.24) is 0 Å². The van der Waals surface area contributed by atoms with Gasteiger partial charge in [0.25, 0.3) is 0 Å². The molecule has 0 saturated heterocycles. The summed E-state index contributed by atoms with van der Waals surface area (Å²) < 4.78 is 4.25. The molecule has 74 valence electrons. The summed E-state index contributed by atoms with van der Waals surface area (Å²) >= 11 is 1.48. The summed E-state index contributed by atoms with van der Waals surface area (Å²) in [4.78, 5) is 3.33. The predicted octanol–water partition coefficient (Wildman–Crippen LogP) is 2.58. The molecule has 0 N–H and O–H groups in total. The maximum absolute atomic E-state index is 8.87. The smallest absolute Gasteiger partial charge is 0.104 e. The van der Waals surface area contributed by atoms with Gasteiger partial charge in [0.15, 0.2) is 0 Å². The molecule has 0 unspecified atom stereocenters. The second-order valence-electron chi connectivity index (χ2n) is 3.74. The van der Waals surface area contributed by atoms with Crippen molar-refractivity contribution in [1.29, 1.82) is 5.26 Å². The van der Waals surface area contributed by atoms with E-state index in [1.165, 1.54) is 24.8 Å². The van der Waals surface area contributed by atoms with Crippen molar-refractivity contribution in [2.75, 3.05) is 4.90 Å². The van der Waals surface area contributed by atoms with Crippen LogP contribution in [0.2, 0.25) is 0 Å². The Hall–Kier alpha value is -1.47. The maximum atomic E-state index is 8.87. The van der Waals surface area contributed by atoms with Gasteiger partial charge in [-0.2, -0.15) is 5.26 Å². The highest BCUT2D eigenvalue weighted by Crippen LogP contribution is 2.40. The number of hydrogen-bond acceptors (Lipinski definition) is 4. The van der Waals surface area contributed by atoms with E-state index in [4.69, 9.17) is 5.26 Å². The molecular weight excluding hydrogens is 206 g/mol. The van der Waals surface area contributed by atoms with Gasteiger partial charge < -0.3 is 4.90 Å². The highest BCUT2D eigenvalue weighted by molar-refractivity contribution is 7.98. The third-order valence-corrected chi connectivity index (χ3v) is 3.37. The zero-order valence-electron chi connectivity index (χ0n) is 8.05. The fourth-order valence-corrected chi connectivity index (χ4v) is 2.35. The van der Waals surface area contributed by atoms with Gasteiger partial charge in [-0.05, 0) is 31.0 Å². The lowest BCUT2D eigenvalue weighted by Gasteiger charge is -2.24. The average Bonchev–Trinajstić information content (AvgIpc) is 3.11. The van der Waals surface area contributed by atoms with Crippen LogP contribution < -0.4 is 4.90 Å². The van der Waals surface area contributed by atoms with Gasteiger partial charge in [0.05, 0.1) is 22.2 Å². The molecular formula is C11H9N3S. The molecule has 1 fully saturated rings. The van der Waals surface area contributed by atoms with Crippen molar-refractivity contribution in [2.45, 2.75) is 23.8 Å². The van der Waals surface area contributed by atoms with Crippen molar-refractivity contribution >= 4 is 24.0 Å². The van der Waals surface area contributed by atoms with Crippen molar-refractivity contribution in [3.63, 3.8) is 0 Å². The summed E-state index contributed by atoms with van der Waals surface area (Å²) in [6.45, 7) is 0. The standard InChI is InChI=1S/C11H9N3S/c12-6-8-1-4-11-10(5-8)14(7-13-15-11)9-2-3-9/h1,4-5,7,9H,2-3H2. The average molecular weight is 215 g/mol. The number of nitriles is 1. The molecule has 0 aromatic heterocycles. The van der Waals surface area contributed by atoms with Gasteiger partial charge in [0.1, 0.15) is 6.34 Å². The molecule has 1 aliphatic carbocycles. The predicted molar refractivity (Wildman–Crippen MR) is 61.0 cm³/mol. The number of nitrogens with zero attached hydrogens (tertiary/aromatic N) is 3. The van der Waals surface area contributed by atoms with E-state index in [0.717, 1.165) is 16.1 Å². The van der Waals surface area contributed by atoms with Crippen LogP contribution in [-0.4, -0.2) is 12.4 Å². The van der Waals surface area contributed by atoms with E-state index < -0.39 is 0 Å². The second-order valence-corrected chi connectivity index (χ2v) is 4.58. The zero-order valence-corrected chi connectivity index (χ0v) is 8.87. The summed E-state index contributed by atoms with van der Waals surface area (Å²) in [6.07, 6.45) is 4.34. The van der Waals surface area contributed by atoms with E-state index in [1.54, 1.807) is 0 Å². The second kappa shape index (κ2) is 3.28. The molecule has 4 heteroatoms. The molecule has 3 nitrogen and oxygen atoms in total. The minimum atomic E-state index is 0.599. The highest BCUT2D eigenvalue weighted by atomic mass is 32.2. The van der Waals surface area contributed by atoms with Crippen LogP contribution in [0.4, 0.5) is 5.69 Å². The summed E-state index contributed by atoms with van der Waals surface area (Å²) in [7, 11) is 0. The lowest BCUT2D eigenvalue weighted by molar-refractivity contribution is 0.996. The largest absolute Gasteiger partial charge is 0.328 e. The van der Waals surface area contributed by atoms with Crippen LogP contribution in [0.15, 0.2) is 27.5 Å². The number of anilines is 1. The van der Waals surface area contributed by atoms with Crippen molar-refractivity contribution in [3.8, 4) is 6.07 Å². The van der Waals surface area contributed by atoms with Gasteiger partial charge in [-0.1, -0.05) is 0 Å². The maximum Gasteiger partial charge on any atom is 0.104 e. The van der Waals surface area contributed by atoms with Crippen molar-refractivity contribution in [2.24, 2.45) is 4.40 Å². The normalized spacial score (nSPS) is 18.5. The number of hydrogen-bond donors (Lipinski definition) is 0. The molecule has 1 aromatic rings. The Balaban J connectivity index is 2.07. The summed E-state index contributed by atoms with van der Waals surface area (Å²) in [5, 5.41) is 8.87. The van der Waals surface area contributed by atoms with Crippen LogP contribution in [0.3, 0.4) is 0 Å². The van der Waals surface area contributed by atoms with Gasteiger partial charge >= 0.3 is 0 Å². The minimum Gasteiger partial charge on any atom is -0.328 e. The molecule has 3 rings (SSSR count). The fourth-order valence-electron chi connectivity index (χ4n) is 1.70. The minimum absolute atomic E-state index is 0.599. The molecule has 1 heterocycles. The van der Waals surface area contributed by atoms with Gasteiger partial charge in [-0.3, -0.25) is 0 Å². The first-order valence-corrected chi connectivity index (χ1v) is 5.69. The van der Waals surface area contributed by atoms with E-state index in [-0.39, 0.29) is 0 Å². The zero-order chi connectivity index (χ0) is 10.3. The molecule has 15 heavy (non-hydrogen) atoms. The lowest BCUT2D eigenvalue weighted by atomic mass is 10.2. The Kier molecular flexibility index (Phi) is 1.93. The van der Waals surface area contributed by atoms with Crippen LogP contribution in [0.25, 0.3) is 0 Å². The number of fused-ring (bicyclic) bond motifs is 1. The first kappa shape index (κ1) is 8.81. The Morgan fingerprint density at radius 1 is 1.47 bits per heavy atom. The van der Waals surface area contributed by atoms with Gasteiger partial charge in [-0.25, -0.2) is 4.40 Å². The van der Waals surface area contributed by atoms with Gasteiger partial charge in [0.2, 0.25) is 0 Å². The van der Waals surface area contributed by atoms with Crippen molar-refractivity contribution < 1.29 is 0 Å². The Bertz CT molecular complexity index is 471. The molecule has 0 spiro atoms. The monoisotopic (exact) mass is 215 g/mol. The van der Waals surface area contributed by atoms with Crippen molar-refractivity contribution in [3.05, 3.63) is 23.8 Å². The van der Waals surface area contributed by atoms with E-state index in [0.29, 0.717) is 6.04 Å². The Morgan fingerprint density at radius 2 is 2.33 bits per heavy atom. The topological polar surface area (TPSA) is 39.4 Å². The molecule has 0 radical (unpaired) electrons. The quantitative estimate of drug-likeness (QED) is 0.676. The van der Waals surface area contributed by atoms with Gasteiger partial charge in [-0.15, -0.1) is 0 Å². The molecule has 1 aromatic carbocycles. The first-order chi connectivity index (χ1) is 7.38. The molecule has 0 bridgehead atoms. The molecule has 1 aliphatic heterocycles. The van der Waals surface area contributed by atoms with E-state index in [1.807, 2.05) is 24.5 Å². The first-order valence-electron chi connectivity index (χ1n) is 4.91. The lowest BCUT2D eigenvalue weighted by Crippen LogP contribution is -2.25. The Morgan fingerprint density at radius 3 is 3.07 bits per heavy atom. The SMILES string of the molecule is N#Cc1ccc2c(c1)N(C1CC1)C=NS2. The van der Waals surface area contributed by atoms with E-state index >= 15 is 0 Å². The Labute approximate surface area is 92.6 Å². The van der Waals surface area contributed by atoms with E-state index in [2.05, 4.69) is 15.4 Å². The summed E-state index contributed by atoms with van der Waals surface area (Å²) in [5.74, 6) is 0. The third-order valence-electron chi connectivity index (χ3n) is 2.63. The molecule has 0 atom stereocenters. The molecule has 2 aliphatic rings. The van der Waals surface area contributed by atoms with Crippen LogP contribution in [-0.2, 0) is 0 Å². The van der Waals surface area contributed by atoms with Crippen LogP contribution in [0.5, 0.6) is 0 Å². The third kappa shape index (κ3) is 1.49. The highest BCUT2D eigenvalue weighted by Gasteiger charge is 2.31.